The quantitative estimate of drug-likeness (QED) is 0.776. The summed E-state index contributed by atoms with van der Waals surface area (Å²) in [5, 5.41) is 12.8. The summed E-state index contributed by atoms with van der Waals surface area (Å²) in [6, 6.07) is 0.194. The highest BCUT2D eigenvalue weighted by Gasteiger charge is 2.25. The van der Waals surface area contributed by atoms with E-state index < -0.39 is 0 Å². The first-order valence-corrected chi connectivity index (χ1v) is 7.20. The molecular formula is C12H23NO2S. The Kier molecular flexibility index (Phi) is 6.21. The molecule has 1 rings (SSSR count). The van der Waals surface area contributed by atoms with E-state index in [2.05, 4.69) is 19.2 Å². The van der Waals surface area contributed by atoms with Crippen LogP contribution >= 0.6 is 11.8 Å². The van der Waals surface area contributed by atoms with E-state index in [1.807, 2.05) is 0 Å². The van der Waals surface area contributed by atoms with Crippen LogP contribution in [-0.4, -0.2) is 34.7 Å². The average Bonchev–Trinajstić information content (AvgIpc) is 2.27. The smallest absolute Gasteiger partial charge is 0.230 e. The minimum atomic E-state index is 0.115. The summed E-state index contributed by atoms with van der Waals surface area (Å²) < 4.78 is 0. The fourth-order valence-electron chi connectivity index (χ4n) is 2.11. The third-order valence-corrected chi connectivity index (χ3v) is 4.13. The Morgan fingerprint density at radius 2 is 2.12 bits per heavy atom. The molecule has 2 atom stereocenters. The van der Waals surface area contributed by atoms with Gasteiger partial charge in [-0.1, -0.05) is 26.7 Å². The average molecular weight is 245 g/mol. The third kappa shape index (κ3) is 4.74. The Morgan fingerprint density at radius 3 is 2.75 bits per heavy atom. The molecular weight excluding hydrogens is 222 g/mol. The zero-order valence-electron chi connectivity index (χ0n) is 10.2. The van der Waals surface area contributed by atoms with Gasteiger partial charge in [0, 0.05) is 18.6 Å². The van der Waals surface area contributed by atoms with Crippen LogP contribution in [-0.2, 0) is 4.79 Å². The lowest BCUT2D eigenvalue weighted by Gasteiger charge is -2.30. The number of rotatable bonds is 5. The van der Waals surface area contributed by atoms with Gasteiger partial charge in [-0.15, -0.1) is 11.8 Å². The highest BCUT2D eigenvalue weighted by atomic mass is 32.2. The minimum Gasteiger partial charge on any atom is -0.396 e. The number of thioether (sulfide) groups is 1. The zero-order valence-corrected chi connectivity index (χ0v) is 11.1. The van der Waals surface area contributed by atoms with E-state index in [0.29, 0.717) is 11.0 Å². The summed E-state index contributed by atoms with van der Waals surface area (Å²) in [6.45, 7) is 4.38. The predicted molar refractivity (Wildman–Crippen MR) is 68.6 cm³/mol. The molecule has 0 radical (unpaired) electrons. The van der Waals surface area contributed by atoms with Crippen molar-refractivity contribution in [1.82, 2.24) is 5.32 Å². The van der Waals surface area contributed by atoms with E-state index in [1.165, 1.54) is 12.8 Å². The fourth-order valence-corrected chi connectivity index (χ4v) is 2.68. The van der Waals surface area contributed by atoms with Gasteiger partial charge in [0.05, 0.1) is 5.75 Å². The number of aliphatic hydroxyl groups is 1. The van der Waals surface area contributed by atoms with Gasteiger partial charge in [-0.2, -0.15) is 0 Å². The summed E-state index contributed by atoms with van der Waals surface area (Å²) in [5.74, 6) is 0.914. The van der Waals surface area contributed by atoms with Crippen molar-refractivity contribution in [2.24, 2.45) is 5.92 Å². The second kappa shape index (κ2) is 7.17. The largest absolute Gasteiger partial charge is 0.396 e. The molecule has 0 aromatic heterocycles. The van der Waals surface area contributed by atoms with Crippen LogP contribution in [0.4, 0.5) is 0 Å². The molecule has 1 fully saturated rings. The van der Waals surface area contributed by atoms with Crippen molar-refractivity contribution in [2.75, 3.05) is 12.4 Å². The van der Waals surface area contributed by atoms with Gasteiger partial charge in [-0.25, -0.2) is 0 Å². The van der Waals surface area contributed by atoms with E-state index in [-0.39, 0.29) is 24.5 Å². The lowest BCUT2D eigenvalue weighted by molar-refractivity contribution is -0.120. The van der Waals surface area contributed by atoms with Gasteiger partial charge in [0.25, 0.3) is 0 Å². The molecule has 94 valence electrons. The van der Waals surface area contributed by atoms with E-state index in [4.69, 9.17) is 0 Å². The number of amides is 1. The maximum absolute atomic E-state index is 11.7. The van der Waals surface area contributed by atoms with Crippen molar-refractivity contribution in [1.29, 1.82) is 0 Å². The Labute approximate surface area is 102 Å². The molecule has 3 nitrogen and oxygen atoms in total. The summed E-state index contributed by atoms with van der Waals surface area (Å²) >= 11 is 1.66. The molecule has 4 heteroatoms. The summed E-state index contributed by atoms with van der Waals surface area (Å²) in [5.41, 5.74) is 0. The number of nitrogens with one attached hydrogen (secondary N) is 1. The Hall–Kier alpha value is -0.220. The molecule has 1 aliphatic carbocycles. The lowest BCUT2D eigenvalue weighted by atomic mass is 9.85. The Balaban J connectivity index is 2.30. The number of hydrogen-bond donors (Lipinski definition) is 2. The first kappa shape index (κ1) is 13.8. The van der Waals surface area contributed by atoms with Gasteiger partial charge >= 0.3 is 0 Å². The van der Waals surface area contributed by atoms with E-state index in [9.17, 15) is 9.90 Å². The number of aliphatic hydroxyl groups excluding tert-OH is 1. The summed E-state index contributed by atoms with van der Waals surface area (Å²) in [7, 11) is 0. The molecule has 0 spiro atoms. The van der Waals surface area contributed by atoms with Gasteiger partial charge in [-0.3, -0.25) is 4.79 Å². The molecule has 0 aromatic rings. The van der Waals surface area contributed by atoms with Crippen LogP contribution in [0.5, 0.6) is 0 Å². The molecule has 2 N–H and O–H groups in total. The highest BCUT2D eigenvalue weighted by Crippen LogP contribution is 2.24. The van der Waals surface area contributed by atoms with Crippen LogP contribution in [0.15, 0.2) is 0 Å². The number of carbonyl (C=O) groups excluding carboxylic acids is 1. The molecule has 0 saturated heterocycles. The fraction of sp³-hybridized carbons (Fsp3) is 0.917. The second-order valence-corrected chi connectivity index (χ2v) is 6.33. The van der Waals surface area contributed by atoms with Gasteiger partial charge in [0.2, 0.25) is 5.91 Å². The molecule has 1 amide bonds. The molecule has 1 saturated carbocycles. The molecule has 0 heterocycles. The highest BCUT2D eigenvalue weighted by molar-refractivity contribution is 8.00. The first-order chi connectivity index (χ1) is 7.63. The first-order valence-electron chi connectivity index (χ1n) is 6.15. The van der Waals surface area contributed by atoms with Crippen LogP contribution in [0.2, 0.25) is 0 Å². The van der Waals surface area contributed by atoms with Crippen LogP contribution in [0, 0.1) is 5.92 Å². The van der Waals surface area contributed by atoms with Crippen molar-refractivity contribution in [3.05, 3.63) is 0 Å². The third-order valence-electron chi connectivity index (χ3n) is 3.04. The summed E-state index contributed by atoms with van der Waals surface area (Å²) in [6.07, 6.45) is 4.40. The lowest BCUT2D eigenvalue weighted by Crippen LogP contribution is -2.44. The second-order valence-electron chi connectivity index (χ2n) is 4.76. The molecule has 0 bridgehead atoms. The van der Waals surface area contributed by atoms with Crippen LogP contribution in [0.3, 0.4) is 0 Å². The number of hydrogen-bond acceptors (Lipinski definition) is 3. The van der Waals surface area contributed by atoms with Crippen molar-refractivity contribution in [2.45, 2.75) is 50.8 Å². The summed E-state index contributed by atoms with van der Waals surface area (Å²) in [4.78, 5) is 11.7. The van der Waals surface area contributed by atoms with E-state index >= 15 is 0 Å². The van der Waals surface area contributed by atoms with Gasteiger partial charge in [0.15, 0.2) is 0 Å². The molecule has 0 aromatic carbocycles. The van der Waals surface area contributed by atoms with Gasteiger partial charge in [-0.05, 0) is 18.1 Å². The van der Waals surface area contributed by atoms with Crippen LogP contribution in [0.25, 0.3) is 0 Å². The minimum absolute atomic E-state index is 0.115. The predicted octanol–water partition coefficient (Wildman–Crippen LogP) is 1.80. The normalized spacial score (nSPS) is 25.8. The van der Waals surface area contributed by atoms with Crippen molar-refractivity contribution in [3.8, 4) is 0 Å². The monoisotopic (exact) mass is 245 g/mol. The maximum atomic E-state index is 11.7. The van der Waals surface area contributed by atoms with Crippen molar-refractivity contribution in [3.63, 3.8) is 0 Å². The van der Waals surface area contributed by atoms with Crippen molar-refractivity contribution >= 4 is 17.7 Å². The van der Waals surface area contributed by atoms with E-state index in [0.717, 1.165) is 12.8 Å². The van der Waals surface area contributed by atoms with Crippen LogP contribution < -0.4 is 5.32 Å². The zero-order chi connectivity index (χ0) is 12.0. The molecule has 2 unspecified atom stereocenters. The number of carbonyl (C=O) groups is 1. The standard InChI is InChI=1S/C12H23NO2S/c1-9(2)16-8-12(15)13-11-6-4-3-5-10(11)7-14/h9-11,14H,3-8H2,1-2H3,(H,13,15). The topological polar surface area (TPSA) is 49.3 Å². The van der Waals surface area contributed by atoms with Gasteiger partial charge < -0.3 is 10.4 Å². The molecule has 0 aliphatic heterocycles. The van der Waals surface area contributed by atoms with Crippen molar-refractivity contribution < 1.29 is 9.90 Å². The maximum Gasteiger partial charge on any atom is 0.230 e. The van der Waals surface area contributed by atoms with Crippen LogP contribution in [0.1, 0.15) is 39.5 Å². The van der Waals surface area contributed by atoms with E-state index in [1.54, 1.807) is 11.8 Å². The SMILES string of the molecule is CC(C)SCC(=O)NC1CCCCC1CO. The molecule has 1 aliphatic rings. The molecule has 16 heavy (non-hydrogen) atoms. The Morgan fingerprint density at radius 1 is 1.44 bits per heavy atom. The van der Waals surface area contributed by atoms with Gasteiger partial charge in [0.1, 0.15) is 0 Å². The Bertz CT molecular complexity index is 221.